The van der Waals surface area contributed by atoms with Gasteiger partial charge in [-0.3, -0.25) is 4.98 Å². The lowest BCUT2D eigenvalue weighted by atomic mass is 10.2. The van der Waals surface area contributed by atoms with Crippen LogP contribution >= 0.6 is 0 Å². The first-order chi connectivity index (χ1) is 12.6. The first-order valence-electron chi connectivity index (χ1n) is 7.89. The summed E-state index contributed by atoms with van der Waals surface area (Å²) >= 11 is 0. The van der Waals surface area contributed by atoms with Crippen LogP contribution in [0.2, 0.25) is 0 Å². The Morgan fingerprint density at radius 1 is 0.962 bits per heavy atom. The molecule has 0 aliphatic rings. The van der Waals surface area contributed by atoms with Gasteiger partial charge in [0, 0.05) is 31.2 Å². The van der Waals surface area contributed by atoms with E-state index in [-0.39, 0.29) is 21.3 Å². The third kappa shape index (κ3) is 2.51. The van der Waals surface area contributed by atoms with Gasteiger partial charge in [-0.2, -0.15) is 0 Å². The molecule has 0 amide bonds. The van der Waals surface area contributed by atoms with E-state index in [9.17, 15) is 8.42 Å². The van der Waals surface area contributed by atoms with Crippen molar-refractivity contribution >= 4 is 21.3 Å². The molecular formula is C18H15N5O2S. The van der Waals surface area contributed by atoms with Gasteiger partial charge in [0.1, 0.15) is 0 Å². The van der Waals surface area contributed by atoms with Crippen molar-refractivity contribution in [2.75, 3.05) is 12.4 Å². The van der Waals surface area contributed by atoms with Gasteiger partial charge < -0.3 is 5.32 Å². The van der Waals surface area contributed by atoms with Crippen LogP contribution in [0.5, 0.6) is 0 Å². The molecule has 3 heterocycles. The van der Waals surface area contributed by atoms with Crippen LogP contribution in [0.15, 0.2) is 76.9 Å². The van der Waals surface area contributed by atoms with Gasteiger partial charge in [-0.05, 0) is 30.3 Å². The van der Waals surface area contributed by atoms with Gasteiger partial charge in [-0.1, -0.05) is 18.2 Å². The second-order valence-electron chi connectivity index (χ2n) is 5.55. The molecule has 0 aliphatic heterocycles. The Balaban J connectivity index is 2.03. The summed E-state index contributed by atoms with van der Waals surface area (Å²) in [7, 11) is -2.15. The van der Waals surface area contributed by atoms with E-state index in [0.717, 1.165) is 11.3 Å². The summed E-state index contributed by atoms with van der Waals surface area (Å²) < 4.78 is 27.9. The Bertz CT molecular complexity index is 1170. The van der Waals surface area contributed by atoms with E-state index in [1.165, 1.54) is 4.52 Å². The minimum absolute atomic E-state index is 0.0575. The van der Waals surface area contributed by atoms with E-state index in [1.54, 1.807) is 62.0 Å². The van der Waals surface area contributed by atoms with E-state index in [2.05, 4.69) is 20.4 Å². The summed E-state index contributed by atoms with van der Waals surface area (Å²) in [6, 6.07) is 13.7. The molecule has 0 fully saturated rings. The standard InChI is InChI=1S/C18H15N5O2S/c1-19-17-16(26(24,25)14-5-3-2-4-6-14)18-21-12-9-15(23(18)22-17)13-7-10-20-11-8-13/h2-12H,1H3,(H,19,22). The van der Waals surface area contributed by atoms with Crippen LogP contribution in [0.4, 0.5) is 5.82 Å². The largest absolute Gasteiger partial charge is 0.370 e. The lowest BCUT2D eigenvalue weighted by molar-refractivity contribution is 0.597. The normalized spacial score (nSPS) is 11.6. The second-order valence-corrected chi connectivity index (χ2v) is 7.43. The van der Waals surface area contributed by atoms with E-state index >= 15 is 0 Å². The molecule has 1 N–H and O–H groups in total. The fourth-order valence-corrected chi connectivity index (χ4v) is 4.32. The van der Waals surface area contributed by atoms with E-state index in [1.807, 2.05) is 12.1 Å². The van der Waals surface area contributed by atoms with E-state index in [4.69, 9.17) is 0 Å². The number of hydrogen-bond donors (Lipinski definition) is 1. The molecule has 0 radical (unpaired) electrons. The molecule has 4 aromatic rings. The number of nitrogens with one attached hydrogen (secondary N) is 1. The zero-order valence-electron chi connectivity index (χ0n) is 13.9. The number of nitrogens with zero attached hydrogens (tertiary/aromatic N) is 4. The number of fused-ring (bicyclic) bond motifs is 1. The fraction of sp³-hybridized carbons (Fsp3) is 0.0556. The van der Waals surface area contributed by atoms with E-state index < -0.39 is 9.84 Å². The van der Waals surface area contributed by atoms with Crippen molar-refractivity contribution in [2.45, 2.75) is 9.79 Å². The third-order valence-corrected chi connectivity index (χ3v) is 5.82. The zero-order valence-corrected chi connectivity index (χ0v) is 14.7. The van der Waals surface area contributed by atoms with Gasteiger partial charge in [0.25, 0.3) is 0 Å². The molecule has 0 bridgehead atoms. The highest BCUT2D eigenvalue weighted by Crippen LogP contribution is 2.32. The van der Waals surface area contributed by atoms with Crippen molar-refractivity contribution in [3.63, 3.8) is 0 Å². The topological polar surface area (TPSA) is 89.2 Å². The van der Waals surface area contributed by atoms with Crippen molar-refractivity contribution in [1.29, 1.82) is 0 Å². The number of aromatic nitrogens is 4. The molecule has 1 aromatic carbocycles. The molecule has 0 unspecified atom stereocenters. The van der Waals surface area contributed by atoms with Gasteiger partial charge in [-0.25, -0.2) is 17.9 Å². The fourth-order valence-electron chi connectivity index (χ4n) is 2.79. The minimum atomic E-state index is -3.78. The Kier molecular flexibility index (Phi) is 3.89. The van der Waals surface area contributed by atoms with Crippen LogP contribution in [-0.4, -0.2) is 35.0 Å². The molecule has 0 saturated heterocycles. The van der Waals surface area contributed by atoms with E-state index in [0.29, 0.717) is 0 Å². The molecule has 0 spiro atoms. The Hall–Kier alpha value is -3.26. The van der Waals surface area contributed by atoms with Crippen molar-refractivity contribution in [1.82, 2.24) is 19.6 Å². The summed E-state index contributed by atoms with van der Waals surface area (Å²) in [4.78, 5) is 8.56. The third-order valence-electron chi connectivity index (χ3n) is 4.01. The highest BCUT2D eigenvalue weighted by molar-refractivity contribution is 7.91. The van der Waals surface area contributed by atoms with Crippen LogP contribution in [0.1, 0.15) is 0 Å². The number of rotatable bonds is 4. The van der Waals surface area contributed by atoms with Crippen LogP contribution in [0.25, 0.3) is 16.9 Å². The average Bonchev–Trinajstić information content (AvgIpc) is 3.09. The lowest BCUT2D eigenvalue weighted by Crippen LogP contribution is -2.05. The molecule has 0 saturated carbocycles. The monoisotopic (exact) mass is 365 g/mol. The summed E-state index contributed by atoms with van der Waals surface area (Å²) in [6.07, 6.45) is 4.92. The van der Waals surface area contributed by atoms with Gasteiger partial charge in [0.15, 0.2) is 16.4 Å². The average molecular weight is 365 g/mol. The Morgan fingerprint density at radius 2 is 1.69 bits per heavy atom. The molecule has 0 aliphatic carbocycles. The van der Waals surface area contributed by atoms with Crippen LogP contribution in [0, 0.1) is 0 Å². The maximum absolute atomic E-state index is 13.2. The predicted molar refractivity (Wildman–Crippen MR) is 97.7 cm³/mol. The Labute approximate surface area is 150 Å². The van der Waals surface area contributed by atoms with Crippen molar-refractivity contribution < 1.29 is 8.42 Å². The Morgan fingerprint density at radius 3 is 2.38 bits per heavy atom. The van der Waals surface area contributed by atoms with Crippen LogP contribution < -0.4 is 5.32 Å². The first-order valence-corrected chi connectivity index (χ1v) is 9.37. The van der Waals surface area contributed by atoms with Gasteiger partial charge in [0.2, 0.25) is 9.84 Å². The van der Waals surface area contributed by atoms with Gasteiger partial charge >= 0.3 is 0 Å². The number of sulfone groups is 1. The molecule has 0 atom stereocenters. The van der Waals surface area contributed by atoms with Crippen molar-refractivity contribution in [2.24, 2.45) is 0 Å². The second kappa shape index (κ2) is 6.23. The highest BCUT2D eigenvalue weighted by atomic mass is 32.2. The van der Waals surface area contributed by atoms with Crippen LogP contribution in [0.3, 0.4) is 0 Å². The summed E-state index contributed by atoms with van der Waals surface area (Å²) in [5.74, 6) is 0.253. The summed E-state index contributed by atoms with van der Waals surface area (Å²) in [5.41, 5.74) is 1.86. The molecule has 3 aromatic heterocycles. The quantitative estimate of drug-likeness (QED) is 0.598. The predicted octanol–water partition coefficient (Wildman–Crippen LogP) is 2.67. The minimum Gasteiger partial charge on any atom is -0.370 e. The SMILES string of the molecule is CNc1nn2c(-c3ccncc3)ccnc2c1S(=O)(=O)c1ccccc1. The van der Waals surface area contributed by atoms with Crippen molar-refractivity contribution in [3.05, 3.63) is 67.1 Å². The molecular weight excluding hydrogens is 350 g/mol. The number of anilines is 1. The number of hydrogen-bond acceptors (Lipinski definition) is 6. The molecule has 8 heteroatoms. The summed E-state index contributed by atoms with van der Waals surface area (Å²) in [6.45, 7) is 0. The van der Waals surface area contributed by atoms with Crippen LogP contribution in [-0.2, 0) is 9.84 Å². The summed E-state index contributed by atoms with van der Waals surface area (Å²) in [5, 5.41) is 7.32. The van der Waals surface area contributed by atoms with Gasteiger partial charge in [-0.15, -0.1) is 5.10 Å². The lowest BCUT2D eigenvalue weighted by Gasteiger charge is -2.06. The molecule has 130 valence electrons. The highest BCUT2D eigenvalue weighted by Gasteiger charge is 2.28. The molecule has 4 rings (SSSR count). The first kappa shape index (κ1) is 16.2. The molecule has 7 nitrogen and oxygen atoms in total. The smallest absolute Gasteiger partial charge is 0.214 e. The maximum Gasteiger partial charge on any atom is 0.214 e. The molecule has 26 heavy (non-hydrogen) atoms. The zero-order chi connectivity index (χ0) is 18.1. The van der Waals surface area contributed by atoms with Gasteiger partial charge in [0.05, 0.1) is 10.6 Å². The maximum atomic E-state index is 13.2. The number of pyridine rings is 1. The van der Waals surface area contributed by atoms with Crippen molar-refractivity contribution in [3.8, 4) is 11.3 Å². The number of benzene rings is 1.